The van der Waals surface area contributed by atoms with Crippen LogP contribution in [0, 0.1) is 5.92 Å². The lowest BCUT2D eigenvalue weighted by molar-refractivity contribution is -0.148. The Kier molecular flexibility index (Phi) is 5.21. The van der Waals surface area contributed by atoms with E-state index < -0.39 is 12.1 Å². The Hall–Kier alpha value is -1.14. The number of methoxy groups -OCH3 is 1. The maximum atomic E-state index is 11.6. The Morgan fingerprint density at radius 3 is 2.62 bits per heavy atom. The molecule has 92 valence electrons. The molecular weight excluding hydrogens is 214 g/mol. The highest BCUT2D eigenvalue weighted by atomic mass is 16.5. The summed E-state index contributed by atoms with van der Waals surface area (Å²) >= 11 is 0. The van der Waals surface area contributed by atoms with Crippen LogP contribution in [0.15, 0.2) is 0 Å². The fourth-order valence-corrected chi connectivity index (χ4v) is 1.57. The molecule has 1 aliphatic rings. The van der Waals surface area contributed by atoms with Crippen LogP contribution in [0.4, 0.5) is 0 Å². The molecule has 1 amide bonds. The Morgan fingerprint density at radius 1 is 1.50 bits per heavy atom. The smallest absolute Gasteiger partial charge is 0.334 e. The second kappa shape index (κ2) is 6.44. The molecule has 16 heavy (non-hydrogen) atoms. The van der Waals surface area contributed by atoms with Crippen LogP contribution in [0.2, 0.25) is 0 Å². The molecule has 0 aliphatic carbocycles. The van der Waals surface area contributed by atoms with Crippen molar-refractivity contribution in [2.24, 2.45) is 5.92 Å². The summed E-state index contributed by atoms with van der Waals surface area (Å²) < 4.78 is 9.85. The van der Waals surface area contributed by atoms with Gasteiger partial charge in [0, 0.05) is 26.2 Å². The van der Waals surface area contributed by atoms with Gasteiger partial charge < -0.3 is 19.9 Å². The highest BCUT2D eigenvalue weighted by Crippen LogP contribution is 2.14. The van der Waals surface area contributed by atoms with E-state index in [9.17, 15) is 9.59 Å². The number of nitrogens with one attached hydrogen (secondary N) is 1. The maximum Gasteiger partial charge on any atom is 0.334 e. The van der Waals surface area contributed by atoms with Crippen LogP contribution >= 0.6 is 0 Å². The summed E-state index contributed by atoms with van der Waals surface area (Å²) in [5.41, 5.74) is 0. The number of hydrogen-bond donors (Lipinski definition) is 2. The van der Waals surface area contributed by atoms with Crippen LogP contribution in [-0.4, -0.2) is 50.0 Å². The van der Waals surface area contributed by atoms with Crippen LogP contribution in [0.1, 0.15) is 12.8 Å². The van der Waals surface area contributed by atoms with Crippen molar-refractivity contribution in [3.8, 4) is 0 Å². The summed E-state index contributed by atoms with van der Waals surface area (Å²) in [7, 11) is 1.30. The van der Waals surface area contributed by atoms with Crippen LogP contribution in [0.3, 0.4) is 0 Å². The summed E-state index contributed by atoms with van der Waals surface area (Å²) in [4.78, 5) is 22.2. The number of carboxylic acids is 1. The molecule has 6 nitrogen and oxygen atoms in total. The molecule has 1 aliphatic heterocycles. The normalized spacial score (nSPS) is 19.1. The lowest BCUT2D eigenvalue weighted by atomic mass is 9.99. The van der Waals surface area contributed by atoms with Gasteiger partial charge in [-0.25, -0.2) is 4.79 Å². The summed E-state index contributed by atoms with van der Waals surface area (Å²) in [5.74, 6) is -1.26. The van der Waals surface area contributed by atoms with Gasteiger partial charge in [-0.15, -0.1) is 0 Å². The van der Waals surface area contributed by atoms with Crippen molar-refractivity contribution in [1.29, 1.82) is 0 Å². The van der Waals surface area contributed by atoms with Crippen molar-refractivity contribution in [1.82, 2.24) is 5.32 Å². The van der Waals surface area contributed by atoms with Crippen LogP contribution < -0.4 is 5.32 Å². The highest BCUT2D eigenvalue weighted by Gasteiger charge is 2.23. The summed E-state index contributed by atoms with van der Waals surface area (Å²) in [5, 5.41) is 11.3. The van der Waals surface area contributed by atoms with Crippen molar-refractivity contribution in [2.75, 3.05) is 26.9 Å². The van der Waals surface area contributed by atoms with Gasteiger partial charge in [-0.1, -0.05) is 0 Å². The third-order valence-electron chi connectivity index (χ3n) is 2.61. The Balaban J connectivity index is 2.30. The number of aliphatic carboxylic acids is 1. The molecule has 1 rings (SSSR count). The second-order valence-corrected chi connectivity index (χ2v) is 3.69. The standard InChI is InChI=1S/C10H17NO5/c1-15-8(10(13)14)6-11-9(12)7-2-4-16-5-3-7/h7-8H,2-6H2,1H3,(H,11,12)(H,13,14). The van der Waals surface area contributed by atoms with E-state index in [1.807, 2.05) is 0 Å². The van der Waals surface area contributed by atoms with E-state index in [1.54, 1.807) is 0 Å². The van der Waals surface area contributed by atoms with E-state index in [2.05, 4.69) is 5.32 Å². The molecule has 0 bridgehead atoms. The van der Waals surface area contributed by atoms with E-state index in [-0.39, 0.29) is 18.4 Å². The van der Waals surface area contributed by atoms with E-state index in [0.717, 1.165) is 0 Å². The van der Waals surface area contributed by atoms with E-state index in [0.29, 0.717) is 26.1 Å². The van der Waals surface area contributed by atoms with Gasteiger partial charge in [0.1, 0.15) is 0 Å². The number of hydrogen-bond acceptors (Lipinski definition) is 4. The quantitative estimate of drug-likeness (QED) is 0.674. The number of amides is 1. The molecule has 0 spiro atoms. The highest BCUT2D eigenvalue weighted by molar-refractivity contribution is 5.80. The van der Waals surface area contributed by atoms with Crippen molar-refractivity contribution < 1.29 is 24.2 Å². The number of carboxylic acid groups (broad SMARTS) is 1. The molecular formula is C10H17NO5. The fourth-order valence-electron chi connectivity index (χ4n) is 1.57. The number of carbonyl (C=O) groups excluding carboxylic acids is 1. The molecule has 0 radical (unpaired) electrons. The molecule has 1 fully saturated rings. The zero-order valence-electron chi connectivity index (χ0n) is 9.27. The first kappa shape index (κ1) is 12.9. The lowest BCUT2D eigenvalue weighted by Gasteiger charge is -2.22. The zero-order chi connectivity index (χ0) is 12.0. The minimum absolute atomic E-state index is 0.00201. The van der Waals surface area contributed by atoms with Gasteiger partial charge in [0.2, 0.25) is 5.91 Å². The van der Waals surface area contributed by atoms with Crippen molar-refractivity contribution in [3.05, 3.63) is 0 Å². The van der Waals surface area contributed by atoms with Crippen LogP contribution in [0.5, 0.6) is 0 Å². The van der Waals surface area contributed by atoms with Gasteiger partial charge in [0.15, 0.2) is 6.10 Å². The Morgan fingerprint density at radius 2 is 2.12 bits per heavy atom. The van der Waals surface area contributed by atoms with Crippen molar-refractivity contribution in [2.45, 2.75) is 18.9 Å². The molecule has 0 saturated carbocycles. The SMILES string of the molecule is COC(CNC(=O)C1CCOCC1)C(=O)O. The number of ether oxygens (including phenoxy) is 2. The van der Waals surface area contributed by atoms with Gasteiger partial charge in [-0.3, -0.25) is 4.79 Å². The predicted octanol–water partition coefficient (Wildman–Crippen LogP) is -0.371. The Bertz CT molecular complexity index is 250. The molecule has 2 N–H and O–H groups in total. The minimum atomic E-state index is -1.07. The predicted molar refractivity (Wildman–Crippen MR) is 55.0 cm³/mol. The number of rotatable bonds is 5. The van der Waals surface area contributed by atoms with Crippen molar-refractivity contribution in [3.63, 3.8) is 0 Å². The first-order valence-corrected chi connectivity index (χ1v) is 5.26. The molecule has 1 atom stereocenters. The molecule has 1 unspecified atom stereocenters. The topological polar surface area (TPSA) is 84.9 Å². The first-order valence-electron chi connectivity index (χ1n) is 5.26. The van der Waals surface area contributed by atoms with Crippen LogP contribution in [0.25, 0.3) is 0 Å². The molecule has 0 aromatic heterocycles. The lowest BCUT2D eigenvalue weighted by Crippen LogP contribution is -2.41. The van der Waals surface area contributed by atoms with Gasteiger partial charge in [-0.2, -0.15) is 0 Å². The van der Waals surface area contributed by atoms with E-state index in [4.69, 9.17) is 14.6 Å². The van der Waals surface area contributed by atoms with Gasteiger partial charge in [0.25, 0.3) is 0 Å². The zero-order valence-corrected chi connectivity index (χ0v) is 9.27. The van der Waals surface area contributed by atoms with E-state index in [1.165, 1.54) is 7.11 Å². The molecule has 0 aromatic rings. The molecule has 1 heterocycles. The molecule has 0 aromatic carbocycles. The monoisotopic (exact) mass is 231 g/mol. The van der Waals surface area contributed by atoms with Gasteiger partial charge >= 0.3 is 5.97 Å². The largest absolute Gasteiger partial charge is 0.479 e. The van der Waals surface area contributed by atoms with E-state index >= 15 is 0 Å². The maximum absolute atomic E-state index is 11.6. The van der Waals surface area contributed by atoms with Crippen molar-refractivity contribution >= 4 is 11.9 Å². The fraction of sp³-hybridized carbons (Fsp3) is 0.800. The Labute approximate surface area is 93.9 Å². The number of carbonyl (C=O) groups is 2. The van der Waals surface area contributed by atoms with Gasteiger partial charge in [0.05, 0.1) is 6.54 Å². The van der Waals surface area contributed by atoms with Gasteiger partial charge in [-0.05, 0) is 12.8 Å². The van der Waals surface area contributed by atoms with Crippen LogP contribution in [-0.2, 0) is 19.1 Å². The minimum Gasteiger partial charge on any atom is -0.479 e. The third-order valence-corrected chi connectivity index (χ3v) is 2.61. The third kappa shape index (κ3) is 3.79. The second-order valence-electron chi connectivity index (χ2n) is 3.69. The molecule has 6 heteroatoms. The summed E-state index contributed by atoms with van der Waals surface area (Å²) in [6.45, 7) is 1.18. The average Bonchev–Trinajstić information content (AvgIpc) is 2.30. The molecule has 1 saturated heterocycles. The summed E-state index contributed by atoms with van der Waals surface area (Å²) in [6.07, 6.45) is 0.399. The first-order chi connectivity index (χ1) is 7.65. The average molecular weight is 231 g/mol. The summed E-state index contributed by atoms with van der Waals surface area (Å²) in [6, 6.07) is 0.